The molecule has 0 aromatic heterocycles. The first-order valence-corrected chi connectivity index (χ1v) is 29.4. The molecule has 0 saturated carbocycles. The molecule has 10 heteroatoms. The SMILES string of the molecule is CCCCCCCCC(CCCCCCCC)CNC(=O)CCCCCN(CCNc1c(NC)c(=O)c1=O)CCN(CC)CCCCCC(=O)OCC(CCCCCCC)CCCCCCCC. The monoisotopic (exact) mass is 958 g/mol. The molecule has 398 valence electrons. The van der Waals surface area contributed by atoms with Crippen molar-refractivity contribution < 1.29 is 14.3 Å². The van der Waals surface area contributed by atoms with Crippen molar-refractivity contribution in [2.24, 2.45) is 11.8 Å². The number of anilines is 2. The van der Waals surface area contributed by atoms with Crippen LogP contribution in [0, 0.1) is 11.8 Å². The van der Waals surface area contributed by atoms with Crippen molar-refractivity contribution in [3.8, 4) is 0 Å². The van der Waals surface area contributed by atoms with E-state index in [1.54, 1.807) is 7.05 Å². The van der Waals surface area contributed by atoms with E-state index in [2.05, 4.69) is 60.4 Å². The van der Waals surface area contributed by atoms with Crippen LogP contribution in [0.25, 0.3) is 0 Å². The largest absolute Gasteiger partial charge is 0.465 e. The van der Waals surface area contributed by atoms with Gasteiger partial charge in [0.2, 0.25) is 5.91 Å². The average molecular weight is 959 g/mol. The number of amides is 1. The third kappa shape index (κ3) is 34.0. The fraction of sp³-hybridized carbons (Fsp3) is 0.897. The van der Waals surface area contributed by atoms with Gasteiger partial charge in [-0.3, -0.25) is 19.2 Å². The molecule has 0 aliphatic carbocycles. The van der Waals surface area contributed by atoms with Gasteiger partial charge in [0, 0.05) is 52.6 Å². The molecule has 0 aliphatic heterocycles. The quantitative estimate of drug-likeness (QED) is 0.0333. The first kappa shape index (κ1) is 63.6. The Morgan fingerprint density at radius 3 is 1.40 bits per heavy atom. The predicted molar refractivity (Wildman–Crippen MR) is 293 cm³/mol. The zero-order valence-corrected chi connectivity index (χ0v) is 45.7. The summed E-state index contributed by atoms with van der Waals surface area (Å²) in [4.78, 5) is 54.9. The number of carbonyl (C=O) groups excluding carboxylic acids is 2. The Balaban J connectivity index is 2.56. The number of ether oxygens (including phenoxy) is 1. The molecular formula is C58H111N5O5. The molecule has 0 radical (unpaired) electrons. The highest BCUT2D eigenvalue weighted by molar-refractivity contribution is 5.75. The molecule has 0 spiro atoms. The van der Waals surface area contributed by atoms with E-state index in [4.69, 9.17) is 4.74 Å². The van der Waals surface area contributed by atoms with Crippen LogP contribution in [0.4, 0.5) is 11.4 Å². The van der Waals surface area contributed by atoms with Crippen molar-refractivity contribution >= 4 is 23.3 Å². The van der Waals surface area contributed by atoms with Gasteiger partial charge in [-0.2, -0.15) is 0 Å². The Labute approximate surface area is 419 Å². The van der Waals surface area contributed by atoms with Crippen molar-refractivity contribution in [3.05, 3.63) is 20.4 Å². The molecule has 0 saturated heterocycles. The number of carbonyl (C=O) groups is 2. The van der Waals surface area contributed by atoms with Crippen molar-refractivity contribution in [3.63, 3.8) is 0 Å². The van der Waals surface area contributed by atoms with Gasteiger partial charge in [0.1, 0.15) is 11.4 Å². The Morgan fingerprint density at radius 1 is 0.471 bits per heavy atom. The molecule has 0 fully saturated rings. The number of esters is 1. The average Bonchev–Trinajstić information content (AvgIpc) is 3.34. The van der Waals surface area contributed by atoms with Crippen LogP contribution < -0.4 is 26.8 Å². The van der Waals surface area contributed by atoms with Crippen LogP contribution in [-0.2, 0) is 14.3 Å². The number of nitrogens with zero attached hydrogens (tertiary/aromatic N) is 2. The standard InChI is InChI=1S/C58H111N5O5/c1-7-12-16-20-24-29-37-51(38-30-25-21-17-13-8-2)49-61-53(64)41-33-27-36-45-63(46-43-60-56-55(59-6)57(66)58(56)67)48-47-62(11-5)44-35-28-34-42-54(65)68-50-52(39-31-23-19-15-10-4)40-32-26-22-18-14-9-3/h51-52,59-60H,7-50H2,1-6H3,(H,61,64). The highest BCUT2D eigenvalue weighted by atomic mass is 16.5. The van der Waals surface area contributed by atoms with Crippen LogP contribution in [0.1, 0.15) is 259 Å². The number of hydrogen-bond donors (Lipinski definition) is 3. The second-order valence-electron chi connectivity index (χ2n) is 20.6. The van der Waals surface area contributed by atoms with E-state index in [1.165, 1.54) is 173 Å². The maximum Gasteiger partial charge on any atom is 0.305 e. The Bertz CT molecular complexity index is 1370. The highest BCUT2D eigenvalue weighted by Gasteiger charge is 2.20. The van der Waals surface area contributed by atoms with Gasteiger partial charge in [-0.1, -0.05) is 195 Å². The first-order valence-electron chi connectivity index (χ1n) is 29.4. The minimum Gasteiger partial charge on any atom is -0.465 e. The summed E-state index contributed by atoms with van der Waals surface area (Å²) in [7, 11) is 1.68. The maximum absolute atomic E-state index is 13.0. The third-order valence-corrected chi connectivity index (χ3v) is 14.5. The van der Waals surface area contributed by atoms with Gasteiger partial charge in [0.25, 0.3) is 10.9 Å². The minimum absolute atomic E-state index is 0.0297. The molecule has 1 atom stereocenters. The molecule has 0 aliphatic rings. The lowest BCUT2D eigenvalue weighted by Gasteiger charge is -2.27. The van der Waals surface area contributed by atoms with Crippen molar-refractivity contribution in [1.29, 1.82) is 0 Å². The Morgan fingerprint density at radius 2 is 0.897 bits per heavy atom. The van der Waals surface area contributed by atoms with Gasteiger partial charge in [-0.25, -0.2) is 0 Å². The molecule has 1 rings (SSSR count). The van der Waals surface area contributed by atoms with Crippen molar-refractivity contribution in [2.75, 3.05) is 76.6 Å². The lowest BCUT2D eigenvalue weighted by Crippen LogP contribution is -2.40. The van der Waals surface area contributed by atoms with Gasteiger partial charge in [-0.05, 0) is 82.8 Å². The molecule has 1 unspecified atom stereocenters. The van der Waals surface area contributed by atoms with Crippen LogP contribution in [0.3, 0.4) is 0 Å². The molecule has 1 aromatic carbocycles. The summed E-state index contributed by atoms with van der Waals surface area (Å²) in [6.07, 6.45) is 41.8. The van der Waals surface area contributed by atoms with Crippen LogP contribution in [0.2, 0.25) is 0 Å². The van der Waals surface area contributed by atoms with Crippen LogP contribution >= 0.6 is 0 Å². The molecular weight excluding hydrogens is 847 g/mol. The van der Waals surface area contributed by atoms with E-state index >= 15 is 0 Å². The normalized spacial score (nSPS) is 12.2. The molecule has 3 N–H and O–H groups in total. The predicted octanol–water partition coefficient (Wildman–Crippen LogP) is 14.0. The van der Waals surface area contributed by atoms with E-state index in [9.17, 15) is 19.2 Å². The maximum atomic E-state index is 13.0. The number of rotatable bonds is 52. The molecule has 10 nitrogen and oxygen atoms in total. The summed E-state index contributed by atoms with van der Waals surface area (Å²) < 4.78 is 5.88. The van der Waals surface area contributed by atoms with Gasteiger partial charge in [-0.15, -0.1) is 0 Å². The van der Waals surface area contributed by atoms with Crippen LogP contribution in [0.5, 0.6) is 0 Å². The summed E-state index contributed by atoms with van der Waals surface area (Å²) in [6.45, 7) is 18.8. The lowest BCUT2D eigenvalue weighted by atomic mass is 9.94. The van der Waals surface area contributed by atoms with Crippen LogP contribution in [0.15, 0.2) is 9.59 Å². The second-order valence-corrected chi connectivity index (χ2v) is 20.6. The van der Waals surface area contributed by atoms with Gasteiger partial charge in [0.15, 0.2) is 0 Å². The highest BCUT2D eigenvalue weighted by Crippen LogP contribution is 2.22. The topological polar surface area (TPSA) is 120 Å². The van der Waals surface area contributed by atoms with Crippen LogP contribution in [-0.4, -0.2) is 87.7 Å². The summed E-state index contributed by atoms with van der Waals surface area (Å²) in [6, 6.07) is 0. The smallest absolute Gasteiger partial charge is 0.305 e. The van der Waals surface area contributed by atoms with Crippen molar-refractivity contribution in [2.45, 2.75) is 259 Å². The van der Waals surface area contributed by atoms with E-state index in [1.807, 2.05) is 0 Å². The summed E-state index contributed by atoms with van der Waals surface area (Å²) in [5.41, 5.74) is -0.119. The Hall–Kier alpha value is -2.46. The lowest BCUT2D eigenvalue weighted by molar-refractivity contribution is -0.145. The number of nitrogens with one attached hydrogen (secondary N) is 3. The van der Waals surface area contributed by atoms with Crippen molar-refractivity contribution in [1.82, 2.24) is 15.1 Å². The fourth-order valence-electron chi connectivity index (χ4n) is 9.73. The second kappa shape index (κ2) is 45.7. The van der Waals surface area contributed by atoms with Gasteiger partial charge in [0.05, 0.1) is 6.61 Å². The van der Waals surface area contributed by atoms with E-state index in [0.29, 0.717) is 49.2 Å². The van der Waals surface area contributed by atoms with Gasteiger partial charge < -0.3 is 30.5 Å². The fourth-order valence-corrected chi connectivity index (χ4v) is 9.73. The molecule has 0 heterocycles. The summed E-state index contributed by atoms with van der Waals surface area (Å²) in [5.74, 6) is 1.26. The number of likely N-dealkylation sites (N-methyl/N-ethyl adjacent to an activating group) is 1. The zero-order chi connectivity index (χ0) is 49.7. The number of hydrogen-bond acceptors (Lipinski definition) is 9. The molecule has 0 bridgehead atoms. The summed E-state index contributed by atoms with van der Waals surface area (Å²) in [5, 5.41) is 9.41. The zero-order valence-electron chi connectivity index (χ0n) is 45.7. The molecule has 1 amide bonds. The van der Waals surface area contributed by atoms with E-state index in [0.717, 1.165) is 84.3 Å². The third-order valence-electron chi connectivity index (χ3n) is 14.5. The van der Waals surface area contributed by atoms with Gasteiger partial charge >= 0.3 is 5.97 Å². The molecule has 1 aromatic rings. The first-order chi connectivity index (χ1) is 33.2. The minimum atomic E-state index is -0.451. The van der Waals surface area contributed by atoms with E-state index < -0.39 is 10.9 Å². The van der Waals surface area contributed by atoms with E-state index in [-0.39, 0.29) is 11.9 Å². The summed E-state index contributed by atoms with van der Waals surface area (Å²) >= 11 is 0. The number of unbranched alkanes of at least 4 members (excludes halogenated alkanes) is 23. The Kier molecular flexibility index (Phi) is 42.7. The molecule has 68 heavy (non-hydrogen) atoms.